The quantitative estimate of drug-likeness (QED) is 0.662. The lowest BCUT2D eigenvalue weighted by Gasteiger charge is -1.93. The van der Waals surface area contributed by atoms with Gasteiger partial charge in [-0.2, -0.15) is 0 Å². The first-order valence-electron chi connectivity index (χ1n) is 4.68. The van der Waals surface area contributed by atoms with Gasteiger partial charge in [0.25, 0.3) is 0 Å². The number of carbonyl (C=O) groups is 2. The largest absolute Gasteiger partial charge is 0.300 e. The third-order valence-corrected chi connectivity index (χ3v) is 1.28. The van der Waals surface area contributed by atoms with Crippen molar-refractivity contribution < 1.29 is 9.59 Å². The van der Waals surface area contributed by atoms with Crippen LogP contribution in [0.3, 0.4) is 0 Å². The Kier molecular flexibility index (Phi) is 19.4. The highest BCUT2D eigenvalue weighted by molar-refractivity contribution is 5.84. The number of rotatable bonds is 5. The minimum Gasteiger partial charge on any atom is -0.300 e. The first kappa shape index (κ1) is 18.2. The van der Waals surface area contributed by atoms with E-state index < -0.39 is 0 Å². The van der Waals surface area contributed by atoms with Crippen LogP contribution in [0.25, 0.3) is 0 Å². The fourth-order valence-corrected chi connectivity index (χ4v) is 0.719. The van der Waals surface area contributed by atoms with Crippen molar-refractivity contribution in [3.63, 3.8) is 0 Å². The first-order chi connectivity index (χ1) is 5.66. The summed E-state index contributed by atoms with van der Waals surface area (Å²) in [6.45, 7) is 7.48. The van der Waals surface area contributed by atoms with Gasteiger partial charge in [0.1, 0.15) is 11.6 Å². The SMILES string of the molecule is C.CC.CCCC(=O)CCC(C)=O. The number of hydrogen-bond donors (Lipinski definition) is 0. The van der Waals surface area contributed by atoms with Crippen LogP contribution in [0, 0.1) is 0 Å². The zero-order chi connectivity index (χ0) is 9.98. The van der Waals surface area contributed by atoms with E-state index >= 15 is 0 Å². The molecule has 0 aromatic heterocycles. The van der Waals surface area contributed by atoms with Gasteiger partial charge in [-0.15, -0.1) is 0 Å². The molecule has 0 aliphatic carbocycles. The molecule has 0 aliphatic heterocycles. The Hall–Kier alpha value is -0.660. The standard InChI is InChI=1S/C8H14O2.C2H6.CH4/c1-3-4-8(10)6-5-7(2)9;1-2;/h3-6H2,1-2H3;1-2H3;1H4. The summed E-state index contributed by atoms with van der Waals surface area (Å²) in [7, 11) is 0. The lowest BCUT2D eigenvalue weighted by atomic mass is 10.1. The van der Waals surface area contributed by atoms with Crippen LogP contribution in [0.15, 0.2) is 0 Å². The zero-order valence-corrected chi connectivity index (χ0v) is 8.64. The van der Waals surface area contributed by atoms with Gasteiger partial charge in [0.05, 0.1) is 0 Å². The third-order valence-electron chi connectivity index (χ3n) is 1.28. The van der Waals surface area contributed by atoms with Crippen molar-refractivity contribution in [2.24, 2.45) is 0 Å². The van der Waals surface area contributed by atoms with Crippen LogP contribution in [0.5, 0.6) is 0 Å². The third kappa shape index (κ3) is 18.4. The molecule has 0 saturated heterocycles. The average molecular weight is 188 g/mol. The molecule has 0 aromatic carbocycles. The van der Waals surface area contributed by atoms with Gasteiger partial charge in [-0.05, 0) is 13.3 Å². The van der Waals surface area contributed by atoms with Crippen molar-refractivity contribution >= 4 is 11.6 Å². The number of hydrogen-bond acceptors (Lipinski definition) is 2. The number of carbonyl (C=O) groups excluding carboxylic acids is 2. The van der Waals surface area contributed by atoms with E-state index in [0.717, 1.165) is 6.42 Å². The van der Waals surface area contributed by atoms with Gasteiger partial charge in [0.2, 0.25) is 0 Å². The van der Waals surface area contributed by atoms with Crippen LogP contribution in [-0.2, 0) is 9.59 Å². The molecule has 0 rings (SSSR count). The van der Waals surface area contributed by atoms with Gasteiger partial charge in [-0.1, -0.05) is 28.2 Å². The first-order valence-corrected chi connectivity index (χ1v) is 4.68. The van der Waals surface area contributed by atoms with Gasteiger partial charge in [-0.3, -0.25) is 4.79 Å². The molecule has 0 radical (unpaired) electrons. The van der Waals surface area contributed by atoms with Crippen LogP contribution in [-0.4, -0.2) is 11.6 Å². The summed E-state index contributed by atoms with van der Waals surface area (Å²) in [6.07, 6.45) is 2.35. The van der Waals surface area contributed by atoms with Crippen LogP contribution >= 0.6 is 0 Å². The fourth-order valence-electron chi connectivity index (χ4n) is 0.719. The number of ketones is 2. The van der Waals surface area contributed by atoms with Gasteiger partial charge < -0.3 is 4.79 Å². The van der Waals surface area contributed by atoms with E-state index in [1.165, 1.54) is 6.92 Å². The molecule has 0 unspecified atom stereocenters. The molecule has 2 heteroatoms. The lowest BCUT2D eigenvalue weighted by molar-refractivity contribution is -0.123. The van der Waals surface area contributed by atoms with Crippen LogP contribution in [0.4, 0.5) is 0 Å². The predicted octanol–water partition coefficient (Wildman–Crippen LogP) is 3.39. The Labute approximate surface area is 82.7 Å². The highest BCUT2D eigenvalue weighted by atomic mass is 16.1. The number of Topliss-reactive ketones (excluding diaryl/α,β-unsaturated/α-hetero) is 2. The molecule has 0 spiro atoms. The molecule has 0 atom stereocenters. The maximum atomic E-state index is 10.8. The molecular weight excluding hydrogens is 164 g/mol. The minimum absolute atomic E-state index is 0. The summed E-state index contributed by atoms with van der Waals surface area (Å²) in [6, 6.07) is 0. The van der Waals surface area contributed by atoms with Crippen molar-refractivity contribution in [1.29, 1.82) is 0 Å². The molecular formula is C11H24O2. The normalized spacial score (nSPS) is 7.69. The van der Waals surface area contributed by atoms with Gasteiger partial charge in [0, 0.05) is 19.3 Å². The summed E-state index contributed by atoms with van der Waals surface area (Å²) in [5, 5.41) is 0. The van der Waals surface area contributed by atoms with E-state index in [2.05, 4.69) is 0 Å². The minimum atomic E-state index is 0. The maximum absolute atomic E-state index is 10.8. The molecule has 0 aliphatic rings. The summed E-state index contributed by atoms with van der Waals surface area (Å²) in [5.41, 5.74) is 0. The Morgan fingerprint density at radius 3 is 1.77 bits per heavy atom. The smallest absolute Gasteiger partial charge is 0.133 e. The zero-order valence-electron chi connectivity index (χ0n) is 8.64. The molecule has 0 saturated carbocycles. The van der Waals surface area contributed by atoms with E-state index in [0.29, 0.717) is 19.3 Å². The Morgan fingerprint density at radius 2 is 1.46 bits per heavy atom. The Morgan fingerprint density at radius 1 is 1.00 bits per heavy atom. The molecule has 13 heavy (non-hydrogen) atoms. The van der Waals surface area contributed by atoms with Crippen LogP contribution in [0.2, 0.25) is 0 Å². The van der Waals surface area contributed by atoms with E-state index in [1.54, 1.807) is 0 Å². The second-order valence-electron chi connectivity index (χ2n) is 2.49. The lowest BCUT2D eigenvalue weighted by Crippen LogP contribution is -2.00. The molecule has 0 bridgehead atoms. The van der Waals surface area contributed by atoms with E-state index in [9.17, 15) is 9.59 Å². The van der Waals surface area contributed by atoms with Crippen molar-refractivity contribution in [2.45, 2.75) is 60.8 Å². The Bertz CT molecular complexity index is 128. The fraction of sp³-hybridized carbons (Fsp3) is 0.818. The molecule has 0 amide bonds. The molecule has 2 nitrogen and oxygen atoms in total. The Balaban J connectivity index is -0.000000309. The second-order valence-corrected chi connectivity index (χ2v) is 2.49. The molecule has 0 N–H and O–H groups in total. The predicted molar refractivity (Wildman–Crippen MR) is 57.9 cm³/mol. The van der Waals surface area contributed by atoms with Crippen molar-refractivity contribution in [1.82, 2.24) is 0 Å². The maximum Gasteiger partial charge on any atom is 0.133 e. The van der Waals surface area contributed by atoms with Crippen molar-refractivity contribution in [2.75, 3.05) is 0 Å². The molecule has 0 fully saturated rings. The highest BCUT2D eigenvalue weighted by Crippen LogP contribution is 1.97. The highest BCUT2D eigenvalue weighted by Gasteiger charge is 2.01. The molecule has 0 heterocycles. The van der Waals surface area contributed by atoms with Crippen LogP contribution < -0.4 is 0 Å². The van der Waals surface area contributed by atoms with Gasteiger partial charge in [0.15, 0.2) is 0 Å². The van der Waals surface area contributed by atoms with Crippen LogP contribution in [0.1, 0.15) is 60.8 Å². The van der Waals surface area contributed by atoms with E-state index in [1.807, 2.05) is 20.8 Å². The summed E-state index contributed by atoms with van der Waals surface area (Å²) in [4.78, 5) is 21.2. The second kappa shape index (κ2) is 13.9. The molecule has 80 valence electrons. The monoisotopic (exact) mass is 188 g/mol. The van der Waals surface area contributed by atoms with E-state index in [-0.39, 0.29) is 19.0 Å². The topological polar surface area (TPSA) is 34.1 Å². The molecule has 0 aromatic rings. The van der Waals surface area contributed by atoms with Gasteiger partial charge >= 0.3 is 0 Å². The summed E-state index contributed by atoms with van der Waals surface area (Å²) in [5.74, 6) is 0.308. The van der Waals surface area contributed by atoms with E-state index in [4.69, 9.17) is 0 Å². The van der Waals surface area contributed by atoms with Crippen molar-refractivity contribution in [3.05, 3.63) is 0 Å². The average Bonchev–Trinajstić information content (AvgIpc) is 2.05. The van der Waals surface area contributed by atoms with Crippen molar-refractivity contribution in [3.8, 4) is 0 Å². The summed E-state index contributed by atoms with van der Waals surface area (Å²) < 4.78 is 0. The summed E-state index contributed by atoms with van der Waals surface area (Å²) >= 11 is 0. The van der Waals surface area contributed by atoms with Gasteiger partial charge in [-0.25, -0.2) is 0 Å².